The standard InChI is InChI=1S/C19H10Cl2N2O4S/c1-9-15(28-16(22-9)14-12(20)7-4-8-13(14)21)19(26)27-23-17(24)10-5-2-3-6-11(10)18(23)25/h2-8H,1H3. The zero-order chi connectivity index (χ0) is 20.0. The van der Waals surface area contributed by atoms with Crippen molar-refractivity contribution in [3.63, 3.8) is 0 Å². The Kier molecular flexibility index (Phi) is 4.66. The lowest BCUT2D eigenvalue weighted by Gasteiger charge is -2.11. The fraction of sp³-hybridized carbons (Fsp3) is 0.0526. The average molecular weight is 433 g/mol. The van der Waals surface area contributed by atoms with Crippen molar-refractivity contribution < 1.29 is 19.2 Å². The molecule has 0 N–H and O–H groups in total. The highest BCUT2D eigenvalue weighted by atomic mass is 35.5. The number of aromatic nitrogens is 1. The Balaban J connectivity index is 1.63. The highest BCUT2D eigenvalue weighted by Gasteiger charge is 2.39. The Hall–Kier alpha value is -2.74. The second kappa shape index (κ2) is 7.01. The van der Waals surface area contributed by atoms with Gasteiger partial charge in [0.05, 0.1) is 26.9 Å². The van der Waals surface area contributed by atoms with Gasteiger partial charge in [0.1, 0.15) is 9.88 Å². The minimum absolute atomic E-state index is 0.141. The molecule has 0 saturated heterocycles. The molecule has 0 radical (unpaired) electrons. The number of amides is 2. The monoisotopic (exact) mass is 432 g/mol. The molecule has 6 nitrogen and oxygen atoms in total. The van der Waals surface area contributed by atoms with Gasteiger partial charge in [-0.2, -0.15) is 0 Å². The van der Waals surface area contributed by atoms with E-state index in [2.05, 4.69) is 4.98 Å². The number of carbonyl (C=O) groups excluding carboxylic acids is 3. The Bertz CT molecular complexity index is 1100. The third-order valence-electron chi connectivity index (χ3n) is 4.09. The van der Waals surface area contributed by atoms with Crippen molar-refractivity contribution in [3.05, 3.63) is 74.2 Å². The summed E-state index contributed by atoms with van der Waals surface area (Å²) in [5.41, 5.74) is 1.24. The van der Waals surface area contributed by atoms with E-state index in [4.69, 9.17) is 28.0 Å². The molecule has 9 heteroatoms. The number of rotatable bonds is 3. The van der Waals surface area contributed by atoms with Gasteiger partial charge in [0.2, 0.25) is 0 Å². The number of hydrogen-bond acceptors (Lipinski definition) is 6. The smallest absolute Gasteiger partial charge is 0.323 e. The molecule has 2 aromatic carbocycles. The van der Waals surface area contributed by atoms with Crippen molar-refractivity contribution in [2.75, 3.05) is 0 Å². The molecular formula is C19H10Cl2N2O4S. The van der Waals surface area contributed by atoms with E-state index in [-0.39, 0.29) is 16.0 Å². The quantitative estimate of drug-likeness (QED) is 0.555. The van der Waals surface area contributed by atoms with E-state index in [1.807, 2.05) is 0 Å². The predicted octanol–water partition coefficient (Wildman–Crippen LogP) is 4.79. The molecule has 0 aliphatic carbocycles. The zero-order valence-electron chi connectivity index (χ0n) is 14.2. The van der Waals surface area contributed by atoms with Crippen molar-refractivity contribution in [2.45, 2.75) is 6.92 Å². The molecule has 0 atom stereocenters. The summed E-state index contributed by atoms with van der Waals surface area (Å²) in [6, 6.07) is 11.3. The molecule has 1 aliphatic rings. The third kappa shape index (κ3) is 2.97. The lowest BCUT2D eigenvalue weighted by atomic mass is 10.1. The minimum Gasteiger partial charge on any atom is -0.323 e. The van der Waals surface area contributed by atoms with E-state index < -0.39 is 17.8 Å². The predicted molar refractivity (Wildman–Crippen MR) is 105 cm³/mol. The summed E-state index contributed by atoms with van der Waals surface area (Å²) in [6.07, 6.45) is 0. The van der Waals surface area contributed by atoms with E-state index >= 15 is 0 Å². The number of imide groups is 1. The van der Waals surface area contributed by atoms with Gasteiger partial charge in [0, 0.05) is 5.56 Å². The van der Waals surface area contributed by atoms with Crippen molar-refractivity contribution >= 4 is 52.3 Å². The van der Waals surface area contributed by atoms with Crippen molar-refractivity contribution in [1.82, 2.24) is 10.0 Å². The number of fused-ring (bicyclic) bond motifs is 1. The van der Waals surface area contributed by atoms with Crippen LogP contribution in [0.4, 0.5) is 0 Å². The van der Waals surface area contributed by atoms with Crippen LogP contribution in [0.3, 0.4) is 0 Å². The molecule has 0 fully saturated rings. The molecule has 3 aromatic rings. The summed E-state index contributed by atoms with van der Waals surface area (Å²) in [5, 5.41) is 1.68. The fourth-order valence-electron chi connectivity index (χ4n) is 2.77. The third-order valence-corrected chi connectivity index (χ3v) is 5.87. The van der Waals surface area contributed by atoms with Gasteiger partial charge in [-0.25, -0.2) is 9.78 Å². The Morgan fingerprint density at radius 2 is 1.57 bits per heavy atom. The SMILES string of the molecule is Cc1nc(-c2c(Cl)cccc2Cl)sc1C(=O)ON1C(=O)c2ccccc2C1=O. The maximum atomic E-state index is 12.6. The Morgan fingerprint density at radius 3 is 2.14 bits per heavy atom. The number of hydroxylamine groups is 2. The topological polar surface area (TPSA) is 76.6 Å². The summed E-state index contributed by atoms with van der Waals surface area (Å²) in [5.74, 6) is -2.24. The number of carbonyl (C=O) groups is 3. The Morgan fingerprint density at radius 1 is 1.00 bits per heavy atom. The minimum atomic E-state index is -0.862. The number of benzene rings is 2. The first-order chi connectivity index (χ1) is 13.4. The van der Waals surface area contributed by atoms with Crippen LogP contribution in [0.15, 0.2) is 42.5 Å². The molecule has 140 valence electrons. The highest BCUT2D eigenvalue weighted by Crippen LogP contribution is 2.38. The maximum absolute atomic E-state index is 12.6. The summed E-state index contributed by atoms with van der Waals surface area (Å²) in [6.45, 7) is 1.61. The van der Waals surface area contributed by atoms with Crippen LogP contribution in [0.1, 0.15) is 36.1 Å². The largest absolute Gasteiger partial charge is 0.375 e. The summed E-state index contributed by atoms with van der Waals surface area (Å²) in [4.78, 5) is 46.9. The van der Waals surface area contributed by atoms with Crippen LogP contribution in [0.2, 0.25) is 10.0 Å². The molecular weight excluding hydrogens is 423 g/mol. The van der Waals surface area contributed by atoms with Gasteiger partial charge in [-0.1, -0.05) is 46.5 Å². The van der Waals surface area contributed by atoms with Crippen molar-refractivity contribution in [1.29, 1.82) is 0 Å². The molecule has 2 heterocycles. The van der Waals surface area contributed by atoms with Crippen LogP contribution in [0.5, 0.6) is 0 Å². The van der Waals surface area contributed by atoms with Gasteiger partial charge in [-0.3, -0.25) is 9.59 Å². The second-order valence-corrected chi connectivity index (χ2v) is 7.67. The van der Waals surface area contributed by atoms with Crippen LogP contribution in [-0.4, -0.2) is 27.8 Å². The van der Waals surface area contributed by atoms with E-state index in [0.717, 1.165) is 11.3 Å². The van der Waals surface area contributed by atoms with Gasteiger partial charge >= 0.3 is 5.97 Å². The van der Waals surface area contributed by atoms with Gasteiger partial charge < -0.3 is 4.84 Å². The van der Waals surface area contributed by atoms with Crippen LogP contribution in [0.25, 0.3) is 10.6 Å². The second-order valence-electron chi connectivity index (χ2n) is 5.86. The summed E-state index contributed by atoms with van der Waals surface area (Å²) < 4.78 is 0. The summed E-state index contributed by atoms with van der Waals surface area (Å²) in [7, 11) is 0. The molecule has 0 spiro atoms. The highest BCUT2D eigenvalue weighted by molar-refractivity contribution is 7.17. The van der Waals surface area contributed by atoms with Gasteiger partial charge in [0.25, 0.3) is 11.8 Å². The first-order valence-electron chi connectivity index (χ1n) is 8.00. The number of hydrogen-bond donors (Lipinski definition) is 0. The number of nitrogens with zero attached hydrogens (tertiary/aromatic N) is 2. The van der Waals surface area contributed by atoms with Crippen LogP contribution in [-0.2, 0) is 4.84 Å². The summed E-state index contributed by atoms with van der Waals surface area (Å²) >= 11 is 13.4. The zero-order valence-corrected chi connectivity index (χ0v) is 16.6. The van der Waals surface area contributed by atoms with Crippen molar-refractivity contribution in [2.24, 2.45) is 0 Å². The van der Waals surface area contributed by atoms with E-state index in [0.29, 0.717) is 31.4 Å². The molecule has 2 amide bonds. The first-order valence-corrected chi connectivity index (χ1v) is 9.57. The van der Waals surface area contributed by atoms with Gasteiger partial charge in [-0.05, 0) is 31.2 Å². The molecule has 0 unspecified atom stereocenters. The number of aryl methyl sites for hydroxylation is 1. The molecule has 1 aromatic heterocycles. The maximum Gasteiger partial charge on any atom is 0.375 e. The Labute approximate surface area is 173 Å². The van der Waals surface area contributed by atoms with E-state index in [1.165, 1.54) is 12.1 Å². The van der Waals surface area contributed by atoms with Crippen LogP contribution >= 0.6 is 34.5 Å². The van der Waals surface area contributed by atoms with Crippen LogP contribution < -0.4 is 0 Å². The molecule has 4 rings (SSSR count). The van der Waals surface area contributed by atoms with Crippen LogP contribution in [0, 0.1) is 6.92 Å². The average Bonchev–Trinajstić information content (AvgIpc) is 3.15. The van der Waals surface area contributed by atoms with Crippen molar-refractivity contribution in [3.8, 4) is 10.6 Å². The first kappa shape index (κ1) is 18.6. The molecule has 0 saturated carbocycles. The molecule has 0 bridgehead atoms. The molecule has 1 aliphatic heterocycles. The fourth-order valence-corrected chi connectivity index (χ4v) is 4.47. The van der Waals surface area contributed by atoms with Gasteiger partial charge in [0.15, 0.2) is 0 Å². The number of halogens is 2. The van der Waals surface area contributed by atoms with Gasteiger partial charge in [-0.15, -0.1) is 11.3 Å². The normalized spacial score (nSPS) is 13.0. The lowest BCUT2D eigenvalue weighted by Crippen LogP contribution is -2.32. The molecule has 28 heavy (non-hydrogen) atoms. The van der Waals surface area contributed by atoms with E-state index in [9.17, 15) is 14.4 Å². The lowest BCUT2D eigenvalue weighted by molar-refractivity contribution is -0.0581. The number of thiazole rings is 1. The van der Waals surface area contributed by atoms with E-state index in [1.54, 1.807) is 37.3 Å².